The molecule has 0 atom stereocenters. The summed E-state index contributed by atoms with van der Waals surface area (Å²) in [6.07, 6.45) is 2.30. The van der Waals surface area contributed by atoms with Crippen LogP contribution in [0.15, 0.2) is 66.9 Å². The van der Waals surface area contributed by atoms with E-state index < -0.39 is 21.9 Å². The highest BCUT2D eigenvalue weighted by Crippen LogP contribution is 2.42. The zero-order valence-electron chi connectivity index (χ0n) is 18.9. The summed E-state index contributed by atoms with van der Waals surface area (Å²) in [6, 6.07) is 17.4. The van der Waals surface area contributed by atoms with Crippen molar-refractivity contribution in [3.05, 3.63) is 78.0 Å². The van der Waals surface area contributed by atoms with Crippen molar-refractivity contribution in [1.29, 1.82) is 0 Å². The Balaban J connectivity index is 1.31. The molecule has 3 aromatic rings. The number of nitrogens with zero attached hydrogens (tertiary/aromatic N) is 1. The van der Waals surface area contributed by atoms with Gasteiger partial charge in [0.15, 0.2) is 0 Å². The van der Waals surface area contributed by atoms with Crippen molar-refractivity contribution in [2.75, 3.05) is 12.9 Å². The van der Waals surface area contributed by atoms with Crippen LogP contribution < -0.4 is 14.2 Å². The van der Waals surface area contributed by atoms with E-state index in [1.165, 1.54) is 12.1 Å². The van der Waals surface area contributed by atoms with Crippen molar-refractivity contribution in [1.82, 2.24) is 9.71 Å². The smallest absolute Gasteiger partial charge is 0.264 e. The van der Waals surface area contributed by atoms with Gasteiger partial charge in [-0.3, -0.25) is 4.79 Å². The zero-order valence-corrected chi connectivity index (χ0v) is 19.7. The van der Waals surface area contributed by atoms with Gasteiger partial charge in [-0.05, 0) is 41.5 Å². The molecule has 1 aliphatic carbocycles. The molecule has 4 rings (SSSR count). The summed E-state index contributed by atoms with van der Waals surface area (Å²) >= 11 is 0. The Morgan fingerprint density at radius 2 is 1.80 bits per heavy atom. The number of halogens is 2. The number of benzene rings is 2. The summed E-state index contributed by atoms with van der Waals surface area (Å²) in [5, 5.41) is 0. The first-order valence-corrected chi connectivity index (χ1v) is 12.8. The van der Waals surface area contributed by atoms with Gasteiger partial charge >= 0.3 is 0 Å². The maximum Gasteiger partial charge on any atom is 0.264 e. The van der Waals surface area contributed by atoms with Gasteiger partial charge in [0.25, 0.3) is 5.91 Å². The molecule has 0 spiro atoms. The van der Waals surface area contributed by atoms with E-state index >= 15 is 0 Å². The van der Waals surface area contributed by atoms with Gasteiger partial charge in [-0.1, -0.05) is 24.3 Å². The monoisotopic (exact) mass is 502 g/mol. The Morgan fingerprint density at radius 3 is 2.43 bits per heavy atom. The highest BCUT2D eigenvalue weighted by Gasteiger charge is 2.45. The Labute approximate surface area is 202 Å². The van der Waals surface area contributed by atoms with Crippen molar-refractivity contribution < 1.29 is 31.5 Å². The molecule has 1 amide bonds. The van der Waals surface area contributed by atoms with Gasteiger partial charge in [-0.25, -0.2) is 26.9 Å². The molecule has 1 N–H and O–H groups in total. The van der Waals surface area contributed by atoms with Crippen LogP contribution in [-0.2, 0) is 16.6 Å². The molecule has 2 aromatic carbocycles. The third-order valence-corrected chi connectivity index (χ3v) is 6.00. The van der Waals surface area contributed by atoms with E-state index in [4.69, 9.17) is 9.47 Å². The molecule has 10 heteroatoms. The highest BCUT2D eigenvalue weighted by atomic mass is 32.2. The topological polar surface area (TPSA) is 94.6 Å². The third-order valence-electron chi connectivity index (χ3n) is 5.44. The van der Waals surface area contributed by atoms with Crippen LogP contribution >= 0.6 is 0 Å². The number of nitrogens with one attached hydrogen (secondary N) is 1. The second-order valence-corrected chi connectivity index (χ2v) is 10.3. The number of carbonyl (C=O) groups is 1. The number of alkyl halides is 2. The lowest BCUT2D eigenvalue weighted by Gasteiger charge is -2.34. The van der Waals surface area contributed by atoms with Gasteiger partial charge < -0.3 is 9.47 Å². The second kappa shape index (κ2) is 9.99. The summed E-state index contributed by atoms with van der Waals surface area (Å²) in [5.74, 6) is -2.36. The van der Waals surface area contributed by atoms with Gasteiger partial charge in [0.2, 0.25) is 21.8 Å². The van der Waals surface area contributed by atoms with Gasteiger partial charge in [0.05, 0.1) is 12.9 Å². The fourth-order valence-corrected chi connectivity index (χ4v) is 4.11. The lowest BCUT2D eigenvalue weighted by atomic mass is 9.82. The van der Waals surface area contributed by atoms with Gasteiger partial charge in [-0.2, -0.15) is 0 Å². The Kier molecular flexibility index (Phi) is 7.02. The SMILES string of the molecule is CS(=O)(=O)NC(=O)c1ccc(COc2cccc(-c3ccc(OCC4CC(F)(F)C4)nc3)c2)cc1. The summed E-state index contributed by atoms with van der Waals surface area (Å²) in [5.41, 5.74) is 2.76. The average molecular weight is 503 g/mol. The van der Waals surface area contributed by atoms with Crippen LogP contribution in [0.4, 0.5) is 8.78 Å². The van der Waals surface area contributed by atoms with E-state index in [2.05, 4.69) is 4.98 Å². The van der Waals surface area contributed by atoms with Crippen LogP contribution in [0.3, 0.4) is 0 Å². The molecular weight excluding hydrogens is 478 g/mol. The van der Waals surface area contributed by atoms with E-state index in [-0.39, 0.29) is 37.5 Å². The molecule has 0 saturated heterocycles. The Morgan fingerprint density at radius 1 is 1.06 bits per heavy atom. The Bertz CT molecular complexity index is 1290. The predicted molar refractivity (Wildman–Crippen MR) is 126 cm³/mol. The average Bonchev–Trinajstić information content (AvgIpc) is 2.80. The van der Waals surface area contributed by atoms with Crippen LogP contribution in [0.25, 0.3) is 11.1 Å². The van der Waals surface area contributed by atoms with E-state index in [1.807, 2.05) is 35.1 Å². The minimum atomic E-state index is -3.63. The van der Waals surface area contributed by atoms with Gasteiger partial charge in [0, 0.05) is 42.1 Å². The molecule has 7 nitrogen and oxygen atoms in total. The normalized spacial score (nSPS) is 15.2. The zero-order chi connectivity index (χ0) is 25.1. The molecule has 1 fully saturated rings. The third kappa shape index (κ3) is 6.98. The lowest BCUT2D eigenvalue weighted by molar-refractivity contribution is -0.119. The molecule has 1 aromatic heterocycles. The highest BCUT2D eigenvalue weighted by molar-refractivity contribution is 7.89. The number of pyridine rings is 1. The van der Waals surface area contributed by atoms with Crippen LogP contribution in [-0.4, -0.2) is 38.1 Å². The number of hydrogen-bond donors (Lipinski definition) is 1. The number of aromatic nitrogens is 1. The van der Waals surface area contributed by atoms with E-state index in [0.717, 1.165) is 22.9 Å². The van der Waals surface area contributed by atoms with Crippen molar-refractivity contribution in [3.8, 4) is 22.8 Å². The number of hydrogen-bond acceptors (Lipinski definition) is 6. The molecule has 35 heavy (non-hydrogen) atoms. The van der Waals surface area contributed by atoms with Crippen LogP contribution in [0.1, 0.15) is 28.8 Å². The molecule has 0 bridgehead atoms. The predicted octanol–water partition coefficient (Wildman–Crippen LogP) is 4.44. The van der Waals surface area contributed by atoms with Crippen LogP contribution in [0, 0.1) is 5.92 Å². The van der Waals surface area contributed by atoms with E-state index in [9.17, 15) is 22.0 Å². The number of amides is 1. The summed E-state index contributed by atoms with van der Waals surface area (Å²) in [6.45, 7) is 0.483. The number of ether oxygens (including phenoxy) is 2. The molecule has 1 heterocycles. The molecule has 1 aliphatic rings. The molecular formula is C25H24F2N2O5S. The minimum Gasteiger partial charge on any atom is -0.489 e. The first-order chi connectivity index (χ1) is 16.6. The summed E-state index contributed by atoms with van der Waals surface area (Å²) in [4.78, 5) is 16.2. The molecule has 0 unspecified atom stereocenters. The maximum absolute atomic E-state index is 12.9. The molecule has 1 saturated carbocycles. The first-order valence-electron chi connectivity index (χ1n) is 10.9. The molecule has 0 radical (unpaired) electrons. The van der Waals surface area contributed by atoms with E-state index in [0.29, 0.717) is 11.6 Å². The van der Waals surface area contributed by atoms with E-state index in [1.54, 1.807) is 24.4 Å². The maximum atomic E-state index is 12.9. The van der Waals surface area contributed by atoms with Crippen LogP contribution in [0.2, 0.25) is 0 Å². The second-order valence-electron chi connectivity index (χ2n) is 8.54. The van der Waals surface area contributed by atoms with Crippen molar-refractivity contribution in [2.45, 2.75) is 25.4 Å². The number of sulfonamides is 1. The molecule has 0 aliphatic heterocycles. The lowest BCUT2D eigenvalue weighted by Crippen LogP contribution is -2.38. The van der Waals surface area contributed by atoms with Crippen molar-refractivity contribution in [3.63, 3.8) is 0 Å². The molecule has 184 valence electrons. The quantitative estimate of drug-likeness (QED) is 0.465. The summed E-state index contributed by atoms with van der Waals surface area (Å²) < 4.78 is 61.5. The number of rotatable bonds is 9. The van der Waals surface area contributed by atoms with Gasteiger partial charge in [0.1, 0.15) is 12.4 Å². The largest absolute Gasteiger partial charge is 0.489 e. The fraction of sp³-hybridized carbons (Fsp3) is 0.280. The standard InChI is InChI=1S/C25H24F2N2O5S/c1-35(31,32)29-24(30)19-7-5-17(6-8-19)15-33-22-4-2-3-20(11-22)21-9-10-23(28-14-21)34-16-18-12-25(26,27)13-18/h2-11,14,18H,12-13,15-16H2,1H3,(H,29,30). The van der Waals surface area contributed by atoms with Crippen LogP contribution in [0.5, 0.6) is 11.6 Å². The number of carbonyl (C=O) groups excluding carboxylic acids is 1. The summed E-state index contributed by atoms with van der Waals surface area (Å²) in [7, 11) is -3.63. The Hall–Kier alpha value is -3.53. The first kappa shape index (κ1) is 24.6. The van der Waals surface area contributed by atoms with Crippen molar-refractivity contribution in [2.24, 2.45) is 5.92 Å². The minimum absolute atomic E-state index is 0.138. The van der Waals surface area contributed by atoms with Crippen molar-refractivity contribution >= 4 is 15.9 Å². The van der Waals surface area contributed by atoms with Gasteiger partial charge in [-0.15, -0.1) is 0 Å². The fourth-order valence-electron chi connectivity index (χ4n) is 3.65.